The van der Waals surface area contributed by atoms with Crippen molar-refractivity contribution in [2.75, 3.05) is 0 Å². The minimum absolute atomic E-state index is 0.377. The summed E-state index contributed by atoms with van der Waals surface area (Å²) in [6.07, 6.45) is 6.72. The third-order valence-corrected chi connectivity index (χ3v) is 4.72. The van der Waals surface area contributed by atoms with Gasteiger partial charge >= 0.3 is 0 Å². The van der Waals surface area contributed by atoms with Crippen molar-refractivity contribution in [2.45, 2.75) is 51.0 Å². The molecule has 2 unspecified atom stereocenters. The Morgan fingerprint density at radius 3 is 2.78 bits per heavy atom. The largest absolute Gasteiger partial charge is 0.489 e. The van der Waals surface area contributed by atoms with Gasteiger partial charge in [0.15, 0.2) is 0 Å². The van der Waals surface area contributed by atoms with E-state index >= 15 is 0 Å². The van der Waals surface area contributed by atoms with E-state index < -0.39 is 0 Å². The number of hydrogen-bond donors (Lipinski definition) is 0. The van der Waals surface area contributed by atoms with Crippen molar-refractivity contribution in [3.05, 3.63) is 28.2 Å². The van der Waals surface area contributed by atoms with Gasteiger partial charge in [-0.15, -0.1) is 11.6 Å². The summed E-state index contributed by atoms with van der Waals surface area (Å²) >= 11 is 9.40. The first-order chi connectivity index (χ1) is 8.74. The van der Waals surface area contributed by atoms with E-state index in [1.165, 1.54) is 32.1 Å². The second-order valence-electron chi connectivity index (χ2n) is 5.01. The standard InChI is InChI=1S/C15H20BrClO/c1-2-12-5-3-4-6-14(12)18-15-8-7-11(10-17)9-13(15)16/h7-9,12,14H,2-6,10H2,1H3. The monoisotopic (exact) mass is 330 g/mol. The number of benzene rings is 1. The third kappa shape index (κ3) is 3.42. The number of ether oxygens (including phenoxy) is 1. The van der Waals surface area contributed by atoms with Crippen LogP contribution in [0, 0.1) is 5.92 Å². The van der Waals surface area contributed by atoms with Crippen LogP contribution in [0.1, 0.15) is 44.6 Å². The summed E-state index contributed by atoms with van der Waals surface area (Å²) < 4.78 is 7.21. The molecule has 1 fully saturated rings. The Labute approximate surface area is 123 Å². The number of alkyl halides is 1. The Hall–Kier alpha value is -0.210. The maximum atomic E-state index is 6.20. The van der Waals surface area contributed by atoms with Crippen LogP contribution in [0.2, 0.25) is 0 Å². The lowest BCUT2D eigenvalue weighted by atomic mass is 9.85. The number of rotatable bonds is 4. The van der Waals surface area contributed by atoms with Crippen LogP contribution in [0.25, 0.3) is 0 Å². The lowest BCUT2D eigenvalue weighted by Gasteiger charge is -2.31. The quantitative estimate of drug-likeness (QED) is 0.659. The van der Waals surface area contributed by atoms with E-state index in [4.69, 9.17) is 16.3 Å². The molecular weight excluding hydrogens is 312 g/mol. The van der Waals surface area contributed by atoms with Gasteiger partial charge in [0.1, 0.15) is 11.9 Å². The normalized spacial score (nSPS) is 23.9. The first-order valence-corrected chi connectivity index (χ1v) is 8.08. The van der Waals surface area contributed by atoms with Crippen molar-refractivity contribution in [2.24, 2.45) is 5.92 Å². The fraction of sp³-hybridized carbons (Fsp3) is 0.600. The van der Waals surface area contributed by atoms with E-state index in [1.54, 1.807) is 0 Å². The Morgan fingerprint density at radius 2 is 2.11 bits per heavy atom. The zero-order chi connectivity index (χ0) is 13.0. The van der Waals surface area contributed by atoms with E-state index in [1.807, 2.05) is 18.2 Å². The van der Waals surface area contributed by atoms with Crippen molar-refractivity contribution in [1.29, 1.82) is 0 Å². The molecule has 0 heterocycles. The lowest BCUT2D eigenvalue weighted by Crippen LogP contribution is -2.30. The molecule has 0 saturated heterocycles. The van der Waals surface area contributed by atoms with Crippen LogP contribution >= 0.6 is 27.5 Å². The molecule has 0 amide bonds. The van der Waals surface area contributed by atoms with Gasteiger partial charge in [-0.05, 0) is 65.2 Å². The van der Waals surface area contributed by atoms with Crippen molar-refractivity contribution in [3.63, 3.8) is 0 Å². The highest BCUT2D eigenvalue weighted by molar-refractivity contribution is 9.10. The summed E-state index contributed by atoms with van der Waals surface area (Å²) in [7, 11) is 0. The second-order valence-corrected chi connectivity index (χ2v) is 6.13. The maximum Gasteiger partial charge on any atom is 0.133 e. The van der Waals surface area contributed by atoms with Crippen LogP contribution in [-0.2, 0) is 5.88 Å². The van der Waals surface area contributed by atoms with Crippen LogP contribution in [0.3, 0.4) is 0 Å². The molecule has 2 atom stereocenters. The molecule has 2 rings (SSSR count). The van der Waals surface area contributed by atoms with Crippen LogP contribution in [-0.4, -0.2) is 6.10 Å². The van der Waals surface area contributed by atoms with E-state index in [9.17, 15) is 0 Å². The molecule has 0 N–H and O–H groups in total. The third-order valence-electron chi connectivity index (χ3n) is 3.79. The molecule has 0 aliphatic heterocycles. The molecule has 3 heteroatoms. The van der Waals surface area contributed by atoms with E-state index in [-0.39, 0.29) is 0 Å². The van der Waals surface area contributed by atoms with Gasteiger partial charge in [-0.3, -0.25) is 0 Å². The van der Waals surface area contributed by atoms with Crippen LogP contribution in [0.5, 0.6) is 5.75 Å². The van der Waals surface area contributed by atoms with Gasteiger partial charge in [-0.25, -0.2) is 0 Å². The fourth-order valence-corrected chi connectivity index (χ4v) is 3.37. The molecule has 1 aliphatic carbocycles. The van der Waals surface area contributed by atoms with Gasteiger partial charge in [-0.1, -0.05) is 19.4 Å². The van der Waals surface area contributed by atoms with Gasteiger partial charge in [0.05, 0.1) is 4.47 Å². The van der Waals surface area contributed by atoms with Crippen molar-refractivity contribution < 1.29 is 4.74 Å². The average molecular weight is 332 g/mol. The van der Waals surface area contributed by atoms with Crippen molar-refractivity contribution in [3.8, 4) is 5.75 Å². The van der Waals surface area contributed by atoms with Gasteiger partial charge in [-0.2, -0.15) is 0 Å². The van der Waals surface area contributed by atoms with Gasteiger partial charge < -0.3 is 4.74 Å². The summed E-state index contributed by atoms with van der Waals surface area (Å²) in [5.74, 6) is 2.20. The molecule has 1 aromatic rings. The highest BCUT2D eigenvalue weighted by atomic mass is 79.9. The lowest BCUT2D eigenvalue weighted by molar-refractivity contribution is 0.0896. The molecule has 1 aromatic carbocycles. The Bertz CT molecular complexity index is 394. The number of hydrogen-bond acceptors (Lipinski definition) is 1. The zero-order valence-electron chi connectivity index (χ0n) is 10.8. The minimum Gasteiger partial charge on any atom is -0.489 e. The topological polar surface area (TPSA) is 9.23 Å². The molecule has 0 aromatic heterocycles. The maximum absolute atomic E-state index is 6.20. The molecular formula is C15H20BrClO. The Morgan fingerprint density at radius 1 is 1.33 bits per heavy atom. The molecule has 1 aliphatic rings. The molecule has 1 saturated carbocycles. The minimum atomic E-state index is 0.377. The van der Waals surface area contributed by atoms with Crippen LogP contribution < -0.4 is 4.74 Å². The molecule has 1 nitrogen and oxygen atoms in total. The summed E-state index contributed by atoms with van der Waals surface area (Å²) in [5.41, 5.74) is 1.12. The summed E-state index contributed by atoms with van der Waals surface area (Å²) in [4.78, 5) is 0. The van der Waals surface area contributed by atoms with Crippen LogP contribution in [0.4, 0.5) is 0 Å². The highest BCUT2D eigenvalue weighted by Crippen LogP contribution is 2.34. The SMILES string of the molecule is CCC1CCCCC1Oc1ccc(CCl)cc1Br. The van der Waals surface area contributed by atoms with E-state index in [2.05, 4.69) is 22.9 Å². The summed E-state index contributed by atoms with van der Waals surface area (Å²) in [5, 5.41) is 0. The smallest absolute Gasteiger partial charge is 0.133 e. The molecule has 0 bridgehead atoms. The highest BCUT2D eigenvalue weighted by Gasteiger charge is 2.25. The predicted octanol–water partition coefficient (Wildman–Crippen LogP) is 5.54. The average Bonchev–Trinajstić information content (AvgIpc) is 2.41. The van der Waals surface area contributed by atoms with E-state index in [0.717, 1.165) is 15.8 Å². The Kier molecular flexibility index (Phi) is 5.38. The Balaban J connectivity index is 2.07. The van der Waals surface area contributed by atoms with Gasteiger partial charge in [0, 0.05) is 5.88 Å². The van der Waals surface area contributed by atoms with E-state index in [0.29, 0.717) is 17.9 Å². The molecule has 0 radical (unpaired) electrons. The number of halogens is 2. The second kappa shape index (κ2) is 6.81. The molecule has 18 heavy (non-hydrogen) atoms. The zero-order valence-corrected chi connectivity index (χ0v) is 13.1. The molecule has 0 spiro atoms. The van der Waals surface area contributed by atoms with Gasteiger partial charge in [0.2, 0.25) is 0 Å². The summed E-state index contributed by atoms with van der Waals surface area (Å²) in [6, 6.07) is 6.12. The summed E-state index contributed by atoms with van der Waals surface area (Å²) in [6.45, 7) is 2.26. The van der Waals surface area contributed by atoms with Crippen molar-refractivity contribution >= 4 is 27.5 Å². The van der Waals surface area contributed by atoms with Crippen molar-refractivity contribution in [1.82, 2.24) is 0 Å². The predicted molar refractivity (Wildman–Crippen MR) is 80.4 cm³/mol. The van der Waals surface area contributed by atoms with Crippen LogP contribution in [0.15, 0.2) is 22.7 Å². The first-order valence-electron chi connectivity index (χ1n) is 6.75. The van der Waals surface area contributed by atoms with Gasteiger partial charge in [0.25, 0.3) is 0 Å². The first kappa shape index (κ1) is 14.2. The molecule has 100 valence electrons. The fourth-order valence-electron chi connectivity index (χ4n) is 2.68.